The molecule has 9 heteroatoms. The van der Waals surface area contributed by atoms with Crippen LogP contribution in [-0.2, 0) is 0 Å². The summed E-state index contributed by atoms with van der Waals surface area (Å²) in [6.07, 6.45) is 2.83. The Kier molecular flexibility index (Phi) is 7.35. The third kappa shape index (κ3) is 4.27. The third-order valence-electron chi connectivity index (χ3n) is 5.08. The van der Waals surface area contributed by atoms with E-state index in [2.05, 4.69) is 32.9 Å². The number of benzene rings is 1. The maximum Gasteiger partial charge on any atom is 0.274 e. The Bertz CT molecular complexity index is 961. The van der Waals surface area contributed by atoms with Crippen molar-refractivity contribution in [2.24, 2.45) is 5.92 Å². The zero-order chi connectivity index (χ0) is 18.1. The standard InChI is InChI=1S/C19H22N6O.2ClH/c1-12-7-9-20-11-17(12)22-19(26)18-13(2)25(24-23-18)15-5-6-16-14(10-15)4-3-8-21-16;;/h3-6,8,10,12,17,20H,7,9,11H2,1-2H3,(H,22,26);2*1H. The van der Waals surface area contributed by atoms with Crippen LogP contribution in [0.5, 0.6) is 0 Å². The molecule has 1 fully saturated rings. The Balaban J connectivity index is 0.00000140. The highest BCUT2D eigenvalue weighted by Crippen LogP contribution is 2.19. The molecule has 28 heavy (non-hydrogen) atoms. The van der Waals surface area contributed by atoms with E-state index in [1.54, 1.807) is 10.9 Å². The molecule has 2 N–H and O–H groups in total. The molecule has 2 aromatic heterocycles. The molecule has 0 saturated carbocycles. The molecule has 0 spiro atoms. The van der Waals surface area contributed by atoms with Crippen LogP contribution in [0.15, 0.2) is 36.5 Å². The summed E-state index contributed by atoms with van der Waals surface area (Å²) in [4.78, 5) is 17.0. The first-order valence-electron chi connectivity index (χ1n) is 8.92. The Morgan fingerprint density at radius 1 is 1.29 bits per heavy atom. The van der Waals surface area contributed by atoms with Crippen molar-refractivity contribution in [3.8, 4) is 5.69 Å². The average Bonchev–Trinajstić information content (AvgIpc) is 3.05. The number of amides is 1. The van der Waals surface area contributed by atoms with Gasteiger partial charge >= 0.3 is 0 Å². The molecule has 2 atom stereocenters. The van der Waals surface area contributed by atoms with Crippen molar-refractivity contribution >= 4 is 41.6 Å². The molecule has 0 aliphatic carbocycles. The highest BCUT2D eigenvalue weighted by atomic mass is 35.5. The van der Waals surface area contributed by atoms with Gasteiger partial charge in [-0.05, 0) is 50.1 Å². The predicted octanol–water partition coefficient (Wildman–Crippen LogP) is 2.70. The Hall–Kier alpha value is -2.22. The summed E-state index contributed by atoms with van der Waals surface area (Å²) >= 11 is 0. The molecule has 1 aromatic carbocycles. The number of hydrogen-bond acceptors (Lipinski definition) is 5. The van der Waals surface area contributed by atoms with Crippen LogP contribution < -0.4 is 10.6 Å². The van der Waals surface area contributed by atoms with Crippen LogP contribution in [0.1, 0.15) is 29.5 Å². The van der Waals surface area contributed by atoms with E-state index in [1.165, 1.54) is 0 Å². The number of carbonyl (C=O) groups excluding carboxylic acids is 1. The van der Waals surface area contributed by atoms with Gasteiger partial charge in [0.15, 0.2) is 5.69 Å². The number of nitrogens with zero attached hydrogens (tertiary/aromatic N) is 4. The second kappa shape index (κ2) is 9.32. The molecule has 0 bridgehead atoms. The SMILES string of the molecule is Cc1c(C(=O)NC2CNCCC2C)nnn1-c1ccc2ncccc2c1.Cl.Cl. The van der Waals surface area contributed by atoms with Crippen LogP contribution in [0, 0.1) is 12.8 Å². The van der Waals surface area contributed by atoms with Crippen molar-refractivity contribution in [3.05, 3.63) is 47.9 Å². The van der Waals surface area contributed by atoms with E-state index < -0.39 is 0 Å². The van der Waals surface area contributed by atoms with Crippen LogP contribution in [0.25, 0.3) is 16.6 Å². The van der Waals surface area contributed by atoms with Crippen molar-refractivity contribution in [3.63, 3.8) is 0 Å². The Labute approximate surface area is 176 Å². The molecule has 7 nitrogen and oxygen atoms in total. The van der Waals surface area contributed by atoms with Crippen molar-refractivity contribution in [2.45, 2.75) is 26.3 Å². The van der Waals surface area contributed by atoms with Crippen molar-refractivity contribution in [2.75, 3.05) is 13.1 Å². The van der Waals surface area contributed by atoms with E-state index >= 15 is 0 Å². The minimum Gasteiger partial charge on any atom is -0.346 e. The molecule has 2 unspecified atom stereocenters. The normalized spacial score (nSPS) is 18.8. The summed E-state index contributed by atoms with van der Waals surface area (Å²) in [5, 5.41) is 15.8. The molecule has 3 aromatic rings. The first-order chi connectivity index (χ1) is 12.6. The maximum atomic E-state index is 12.7. The van der Waals surface area contributed by atoms with Gasteiger partial charge in [-0.1, -0.05) is 18.2 Å². The van der Waals surface area contributed by atoms with Gasteiger partial charge in [-0.3, -0.25) is 9.78 Å². The fraction of sp³-hybridized carbons (Fsp3) is 0.368. The lowest BCUT2D eigenvalue weighted by Gasteiger charge is -2.29. The molecule has 1 aliphatic rings. The summed E-state index contributed by atoms with van der Waals surface area (Å²) < 4.78 is 1.70. The van der Waals surface area contributed by atoms with E-state index in [-0.39, 0.29) is 36.8 Å². The van der Waals surface area contributed by atoms with Gasteiger partial charge in [0.2, 0.25) is 0 Å². The number of nitrogens with one attached hydrogen (secondary N) is 2. The average molecular weight is 423 g/mol. The molecular formula is C19H24Cl2N6O. The summed E-state index contributed by atoms with van der Waals surface area (Å²) in [6, 6.07) is 9.90. The van der Waals surface area contributed by atoms with Gasteiger partial charge in [-0.15, -0.1) is 29.9 Å². The minimum atomic E-state index is -0.170. The molecule has 4 rings (SSSR count). The molecule has 1 amide bonds. The Morgan fingerprint density at radius 3 is 2.89 bits per heavy atom. The zero-order valence-electron chi connectivity index (χ0n) is 15.8. The number of hydrogen-bond donors (Lipinski definition) is 2. The summed E-state index contributed by atoms with van der Waals surface area (Å²) in [6.45, 7) is 5.82. The van der Waals surface area contributed by atoms with E-state index in [0.717, 1.165) is 41.8 Å². The van der Waals surface area contributed by atoms with Gasteiger partial charge < -0.3 is 10.6 Å². The van der Waals surface area contributed by atoms with Crippen molar-refractivity contribution < 1.29 is 4.79 Å². The lowest BCUT2D eigenvalue weighted by molar-refractivity contribution is 0.0909. The second-order valence-electron chi connectivity index (χ2n) is 6.87. The molecule has 150 valence electrons. The number of piperidine rings is 1. The van der Waals surface area contributed by atoms with Crippen LogP contribution in [0.4, 0.5) is 0 Å². The molecule has 0 radical (unpaired) electrons. The second-order valence-corrected chi connectivity index (χ2v) is 6.87. The first-order valence-corrected chi connectivity index (χ1v) is 8.92. The number of halogens is 2. The first kappa shape index (κ1) is 22.1. The fourth-order valence-electron chi connectivity index (χ4n) is 3.40. The van der Waals surface area contributed by atoms with Crippen LogP contribution in [0.2, 0.25) is 0 Å². The van der Waals surface area contributed by atoms with E-state index in [1.807, 2.05) is 37.3 Å². The molecule has 1 aliphatic heterocycles. The monoisotopic (exact) mass is 422 g/mol. The van der Waals surface area contributed by atoms with Crippen LogP contribution in [0.3, 0.4) is 0 Å². The fourth-order valence-corrected chi connectivity index (χ4v) is 3.40. The van der Waals surface area contributed by atoms with E-state index in [4.69, 9.17) is 0 Å². The number of fused-ring (bicyclic) bond motifs is 1. The number of aromatic nitrogens is 4. The van der Waals surface area contributed by atoms with Gasteiger partial charge in [0.25, 0.3) is 5.91 Å². The number of pyridine rings is 1. The highest BCUT2D eigenvalue weighted by Gasteiger charge is 2.25. The minimum absolute atomic E-state index is 0. The van der Waals surface area contributed by atoms with Crippen LogP contribution in [-0.4, -0.2) is 45.0 Å². The quantitative estimate of drug-likeness (QED) is 0.677. The number of rotatable bonds is 3. The van der Waals surface area contributed by atoms with Gasteiger partial charge in [0.1, 0.15) is 0 Å². The summed E-state index contributed by atoms with van der Waals surface area (Å²) in [5.41, 5.74) is 2.88. The predicted molar refractivity (Wildman–Crippen MR) is 114 cm³/mol. The lowest BCUT2D eigenvalue weighted by atomic mass is 9.95. The van der Waals surface area contributed by atoms with Gasteiger partial charge in [0.05, 0.1) is 16.9 Å². The Morgan fingerprint density at radius 2 is 2.11 bits per heavy atom. The molecular weight excluding hydrogens is 399 g/mol. The van der Waals surface area contributed by atoms with Gasteiger partial charge in [0, 0.05) is 24.2 Å². The largest absolute Gasteiger partial charge is 0.346 e. The van der Waals surface area contributed by atoms with Crippen molar-refractivity contribution in [1.29, 1.82) is 0 Å². The van der Waals surface area contributed by atoms with E-state index in [9.17, 15) is 4.79 Å². The molecule has 3 heterocycles. The summed E-state index contributed by atoms with van der Waals surface area (Å²) in [7, 11) is 0. The van der Waals surface area contributed by atoms with Crippen molar-refractivity contribution in [1.82, 2.24) is 30.6 Å². The third-order valence-corrected chi connectivity index (χ3v) is 5.08. The zero-order valence-corrected chi connectivity index (χ0v) is 17.4. The maximum absolute atomic E-state index is 12.7. The summed E-state index contributed by atoms with van der Waals surface area (Å²) in [5.74, 6) is 0.278. The lowest BCUT2D eigenvalue weighted by Crippen LogP contribution is -2.50. The smallest absolute Gasteiger partial charge is 0.274 e. The molecule has 1 saturated heterocycles. The number of carbonyl (C=O) groups is 1. The van der Waals surface area contributed by atoms with Gasteiger partial charge in [-0.2, -0.15) is 0 Å². The van der Waals surface area contributed by atoms with Gasteiger partial charge in [-0.25, -0.2) is 4.68 Å². The van der Waals surface area contributed by atoms with E-state index in [0.29, 0.717) is 11.6 Å². The van der Waals surface area contributed by atoms with Crippen LogP contribution >= 0.6 is 24.8 Å². The highest BCUT2D eigenvalue weighted by molar-refractivity contribution is 5.93. The topological polar surface area (TPSA) is 84.7 Å².